The Kier molecular flexibility index (Phi) is 3.90. The lowest BCUT2D eigenvalue weighted by molar-refractivity contribution is 0.0971. The monoisotopic (exact) mass is 307 g/mol. The highest BCUT2D eigenvalue weighted by Gasteiger charge is 2.14. The quantitative estimate of drug-likeness (QED) is 0.738. The van der Waals surface area contributed by atoms with E-state index >= 15 is 0 Å². The molecule has 23 heavy (non-hydrogen) atoms. The molecule has 0 aliphatic heterocycles. The third kappa shape index (κ3) is 2.61. The smallest absolute Gasteiger partial charge is 0.203 e. The van der Waals surface area contributed by atoms with Gasteiger partial charge in [-0.05, 0) is 44.0 Å². The first-order chi connectivity index (χ1) is 11.0. The SMILES string of the molecule is CCn1c(=N)n(CC(=O)c2ccccc2)c2cc(C)c(C)cc21. The van der Waals surface area contributed by atoms with E-state index in [4.69, 9.17) is 5.41 Å². The summed E-state index contributed by atoms with van der Waals surface area (Å²) in [6.07, 6.45) is 0. The maximum atomic E-state index is 12.5. The molecular weight excluding hydrogens is 286 g/mol. The van der Waals surface area contributed by atoms with E-state index in [1.54, 1.807) is 4.57 Å². The summed E-state index contributed by atoms with van der Waals surface area (Å²) < 4.78 is 3.75. The number of aryl methyl sites for hydroxylation is 3. The van der Waals surface area contributed by atoms with Gasteiger partial charge in [0.1, 0.15) is 0 Å². The standard InChI is InChI=1S/C19H21N3O/c1-4-21-16-10-13(2)14(3)11-17(16)22(19(21)20)12-18(23)15-8-6-5-7-9-15/h5-11,20H,4,12H2,1-3H3. The molecule has 1 N–H and O–H groups in total. The molecule has 0 bridgehead atoms. The molecule has 0 aliphatic carbocycles. The van der Waals surface area contributed by atoms with Crippen LogP contribution < -0.4 is 5.62 Å². The van der Waals surface area contributed by atoms with Crippen LogP contribution in [0.1, 0.15) is 28.4 Å². The van der Waals surface area contributed by atoms with Gasteiger partial charge in [0.25, 0.3) is 0 Å². The topological polar surface area (TPSA) is 50.8 Å². The molecule has 4 heteroatoms. The van der Waals surface area contributed by atoms with E-state index in [0.717, 1.165) is 11.0 Å². The number of ketones is 1. The molecule has 4 nitrogen and oxygen atoms in total. The van der Waals surface area contributed by atoms with Crippen molar-refractivity contribution in [1.82, 2.24) is 9.13 Å². The minimum absolute atomic E-state index is 0.0254. The number of fused-ring (bicyclic) bond motifs is 1. The largest absolute Gasteiger partial charge is 0.311 e. The minimum atomic E-state index is 0.0254. The molecule has 2 aromatic carbocycles. The number of aromatic nitrogens is 2. The molecule has 0 amide bonds. The van der Waals surface area contributed by atoms with E-state index < -0.39 is 0 Å². The van der Waals surface area contributed by atoms with Crippen molar-refractivity contribution < 1.29 is 4.79 Å². The fraction of sp³-hybridized carbons (Fsp3) is 0.263. The minimum Gasteiger partial charge on any atom is -0.311 e. The zero-order chi connectivity index (χ0) is 16.6. The highest BCUT2D eigenvalue weighted by atomic mass is 16.1. The van der Waals surface area contributed by atoms with Crippen molar-refractivity contribution in [3.63, 3.8) is 0 Å². The molecule has 0 atom stereocenters. The van der Waals surface area contributed by atoms with Crippen molar-refractivity contribution in [1.29, 1.82) is 5.41 Å². The zero-order valence-corrected chi connectivity index (χ0v) is 13.8. The molecule has 118 valence electrons. The second kappa shape index (κ2) is 5.88. The number of carbonyl (C=O) groups is 1. The van der Waals surface area contributed by atoms with Gasteiger partial charge in [-0.3, -0.25) is 10.2 Å². The molecule has 3 aromatic rings. The number of Topliss-reactive ketones (excluding diaryl/α,β-unsaturated/α-hetero) is 1. The van der Waals surface area contributed by atoms with Gasteiger partial charge in [0.15, 0.2) is 5.78 Å². The molecule has 0 spiro atoms. The Bertz CT molecular complexity index is 933. The first-order valence-corrected chi connectivity index (χ1v) is 7.86. The second-order valence-corrected chi connectivity index (χ2v) is 5.87. The van der Waals surface area contributed by atoms with Crippen LogP contribution in [0.2, 0.25) is 0 Å². The summed E-state index contributed by atoms with van der Waals surface area (Å²) in [5.41, 5.74) is 5.39. The summed E-state index contributed by atoms with van der Waals surface area (Å²) in [6.45, 7) is 7.06. The Morgan fingerprint density at radius 1 is 1.00 bits per heavy atom. The van der Waals surface area contributed by atoms with Crippen LogP contribution in [-0.4, -0.2) is 14.9 Å². The molecule has 0 saturated heterocycles. The summed E-state index contributed by atoms with van der Waals surface area (Å²) in [6, 6.07) is 13.4. The van der Waals surface area contributed by atoms with Crippen molar-refractivity contribution in [3.8, 4) is 0 Å². The van der Waals surface area contributed by atoms with Crippen molar-refractivity contribution in [2.75, 3.05) is 0 Å². The van der Waals surface area contributed by atoms with Crippen LogP contribution in [0.25, 0.3) is 11.0 Å². The van der Waals surface area contributed by atoms with Crippen molar-refractivity contribution >= 4 is 16.8 Å². The first-order valence-electron chi connectivity index (χ1n) is 7.86. The van der Waals surface area contributed by atoms with Gasteiger partial charge in [-0.15, -0.1) is 0 Å². The summed E-state index contributed by atoms with van der Waals surface area (Å²) in [5.74, 6) is 0.0254. The molecule has 0 aliphatic rings. The maximum absolute atomic E-state index is 12.5. The maximum Gasteiger partial charge on any atom is 0.203 e. The fourth-order valence-electron chi connectivity index (χ4n) is 2.93. The van der Waals surface area contributed by atoms with E-state index in [1.807, 2.05) is 41.8 Å². The van der Waals surface area contributed by atoms with Gasteiger partial charge in [-0.25, -0.2) is 0 Å². The summed E-state index contributed by atoms with van der Waals surface area (Å²) in [5, 5.41) is 8.45. The predicted octanol–water partition coefficient (Wildman–Crippen LogP) is 3.44. The number of benzene rings is 2. The predicted molar refractivity (Wildman–Crippen MR) is 91.7 cm³/mol. The summed E-state index contributed by atoms with van der Waals surface area (Å²) >= 11 is 0. The van der Waals surface area contributed by atoms with E-state index in [9.17, 15) is 4.79 Å². The zero-order valence-electron chi connectivity index (χ0n) is 13.8. The number of hydrogen-bond donors (Lipinski definition) is 1. The Labute approximate surface area is 135 Å². The van der Waals surface area contributed by atoms with Gasteiger partial charge in [0.05, 0.1) is 17.6 Å². The molecule has 0 unspecified atom stereocenters. The van der Waals surface area contributed by atoms with Crippen LogP contribution in [0.5, 0.6) is 0 Å². The van der Waals surface area contributed by atoms with Crippen LogP contribution in [0, 0.1) is 19.3 Å². The molecule has 0 radical (unpaired) electrons. The lowest BCUT2D eigenvalue weighted by atomic mass is 10.1. The Morgan fingerprint density at radius 2 is 1.57 bits per heavy atom. The van der Waals surface area contributed by atoms with Gasteiger partial charge in [0, 0.05) is 12.1 Å². The van der Waals surface area contributed by atoms with Gasteiger partial charge >= 0.3 is 0 Å². The van der Waals surface area contributed by atoms with Crippen molar-refractivity contribution in [2.24, 2.45) is 0 Å². The van der Waals surface area contributed by atoms with Crippen LogP contribution in [0.3, 0.4) is 0 Å². The Hall–Kier alpha value is -2.62. The summed E-state index contributed by atoms with van der Waals surface area (Å²) in [7, 11) is 0. The molecule has 0 fully saturated rings. The third-order valence-corrected chi connectivity index (χ3v) is 4.40. The molecule has 0 saturated carbocycles. The normalized spacial score (nSPS) is 11.1. The van der Waals surface area contributed by atoms with Gasteiger partial charge in [0.2, 0.25) is 5.62 Å². The lowest BCUT2D eigenvalue weighted by Crippen LogP contribution is -2.27. The number of nitrogens with zero attached hydrogens (tertiary/aromatic N) is 2. The van der Waals surface area contributed by atoms with Crippen LogP contribution in [-0.2, 0) is 13.1 Å². The molecule has 1 heterocycles. The van der Waals surface area contributed by atoms with E-state index in [-0.39, 0.29) is 12.3 Å². The van der Waals surface area contributed by atoms with E-state index in [0.29, 0.717) is 17.7 Å². The highest BCUT2D eigenvalue weighted by molar-refractivity contribution is 5.96. The molecule has 3 rings (SSSR count). The van der Waals surface area contributed by atoms with Gasteiger partial charge in [-0.2, -0.15) is 0 Å². The van der Waals surface area contributed by atoms with Crippen LogP contribution in [0.4, 0.5) is 0 Å². The Balaban J connectivity index is 2.14. The van der Waals surface area contributed by atoms with E-state index in [2.05, 4.69) is 26.0 Å². The third-order valence-electron chi connectivity index (χ3n) is 4.40. The average Bonchev–Trinajstić information content (AvgIpc) is 2.80. The van der Waals surface area contributed by atoms with Crippen molar-refractivity contribution in [2.45, 2.75) is 33.9 Å². The molecule has 1 aromatic heterocycles. The lowest BCUT2D eigenvalue weighted by Gasteiger charge is -2.06. The van der Waals surface area contributed by atoms with E-state index in [1.165, 1.54) is 11.1 Å². The molecular formula is C19H21N3O. The number of imidazole rings is 1. The van der Waals surface area contributed by atoms with Crippen molar-refractivity contribution in [3.05, 3.63) is 64.8 Å². The Morgan fingerprint density at radius 3 is 2.13 bits per heavy atom. The van der Waals surface area contributed by atoms with Crippen LogP contribution in [0.15, 0.2) is 42.5 Å². The summed E-state index contributed by atoms with van der Waals surface area (Å²) in [4.78, 5) is 12.5. The number of rotatable bonds is 4. The van der Waals surface area contributed by atoms with Crippen LogP contribution >= 0.6 is 0 Å². The fourth-order valence-corrected chi connectivity index (χ4v) is 2.93. The van der Waals surface area contributed by atoms with Gasteiger partial charge < -0.3 is 9.13 Å². The number of hydrogen-bond acceptors (Lipinski definition) is 2. The number of nitrogens with one attached hydrogen (secondary N) is 1. The van der Waals surface area contributed by atoms with Gasteiger partial charge in [-0.1, -0.05) is 30.3 Å². The highest BCUT2D eigenvalue weighted by Crippen LogP contribution is 2.19. The number of carbonyl (C=O) groups excluding carboxylic acids is 1. The second-order valence-electron chi connectivity index (χ2n) is 5.87. The first kappa shape index (κ1) is 15.3. The average molecular weight is 307 g/mol.